The maximum atomic E-state index is 10.8. The number of para-hydroxylation sites is 1. The predicted molar refractivity (Wildman–Crippen MR) is 108 cm³/mol. The van der Waals surface area contributed by atoms with Gasteiger partial charge in [0.1, 0.15) is 0 Å². The van der Waals surface area contributed by atoms with Crippen LogP contribution in [0.1, 0.15) is 29.0 Å². The quantitative estimate of drug-likeness (QED) is 0.592. The molecule has 1 aromatic heterocycles. The number of aromatic hydroxyl groups is 1. The lowest BCUT2D eigenvalue weighted by molar-refractivity contribution is 0.404. The Kier molecular flexibility index (Phi) is 4.11. The zero-order valence-electron chi connectivity index (χ0n) is 13.6. The van der Waals surface area contributed by atoms with Gasteiger partial charge in [-0.25, -0.2) is 0 Å². The van der Waals surface area contributed by atoms with Gasteiger partial charge in [-0.3, -0.25) is 9.56 Å². The Balaban J connectivity index is 1.76. The van der Waals surface area contributed by atoms with Gasteiger partial charge < -0.3 is 5.11 Å². The van der Waals surface area contributed by atoms with E-state index in [-0.39, 0.29) is 11.9 Å². The molecule has 3 aromatic rings. The average Bonchev–Trinajstić information content (AvgIpc) is 3.17. The van der Waals surface area contributed by atoms with E-state index in [1.807, 2.05) is 73.8 Å². The molecule has 0 radical (unpaired) electrons. The van der Waals surface area contributed by atoms with Crippen molar-refractivity contribution in [3.05, 3.63) is 74.6 Å². The van der Waals surface area contributed by atoms with E-state index in [2.05, 4.69) is 4.99 Å². The molecule has 5 heteroatoms. The minimum absolute atomic E-state index is 0.0263. The van der Waals surface area contributed by atoms with Crippen molar-refractivity contribution in [2.75, 3.05) is 0 Å². The number of aromatic nitrogens is 1. The van der Waals surface area contributed by atoms with Crippen LogP contribution in [0.4, 0.5) is 5.69 Å². The second kappa shape index (κ2) is 6.43. The Labute approximate surface area is 155 Å². The molecule has 0 amide bonds. The van der Waals surface area contributed by atoms with Crippen LogP contribution < -0.4 is 0 Å². The molecule has 1 aliphatic rings. The number of allylic oxidation sites excluding steroid dienone is 1. The van der Waals surface area contributed by atoms with Gasteiger partial charge >= 0.3 is 0 Å². The van der Waals surface area contributed by atoms with Gasteiger partial charge in [0.25, 0.3) is 0 Å². The van der Waals surface area contributed by atoms with Crippen LogP contribution in [0.2, 0.25) is 0 Å². The molecule has 124 valence electrons. The summed E-state index contributed by atoms with van der Waals surface area (Å²) in [6.45, 7) is 2.04. The first-order chi connectivity index (χ1) is 12.1. The number of rotatable bonds is 3. The number of benzene rings is 2. The normalized spacial score (nSPS) is 15.5. The van der Waals surface area contributed by atoms with Gasteiger partial charge in [-0.1, -0.05) is 48.5 Å². The Morgan fingerprint density at radius 1 is 1.12 bits per heavy atom. The van der Waals surface area contributed by atoms with Crippen molar-refractivity contribution in [3.63, 3.8) is 0 Å². The Morgan fingerprint density at radius 2 is 1.84 bits per heavy atom. The van der Waals surface area contributed by atoms with E-state index >= 15 is 0 Å². The highest BCUT2D eigenvalue weighted by Gasteiger charge is 2.18. The summed E-state index contributed by atoms with van der Waals surface area (Å²) in [7, 11) is 0. The van der Waals surface area contributed by atoms with Gasteiger partial charge in [0.05, 0.1) is 16.6 Å². The summed E-state index contributed by atoms with van der Waals surface area (Å²) < 4.78 is 2.46. The van der Waals surface area contributed by atoms with Crippen molar-refractivity contribution >= 4 is 47.1 Å². The van der Waals surface area contributed by atoms with E-state index in [1.54, 1.807) is 4.57 Å². The fourth-order valence-corrected chi connectivity index (χ4v) is 4.43. The Bertz CT molecular complexity index is 1050. The maximum absolute atomic E-state index is 10.8. The van der Waals surface area contributed by atoms with Gasteiger partial charge in [-0.05, 0) is 36.8 Å². The lowest BCUT2D eigenvalue weighted by atomic mass is 10.1. The highest BCUT2D eigenvalue weighted by Crippen LogP contribution is 2.37. The molecular formula is C20H16N2OS2. The van der Waals surface area contributed by atoms with Crippen molar-refractivity contribution in [2.45, 2.75) is 13.0 Å². The third kappa shape index (κ3) is 2.86. The number of fused-ring (bicyclic) bond motifs is 1. The molecule has 0 saturated carbocycles. The minimum Gasteiger partial charge on any atom is -0.493 e. The van der Waals surface area contributed by atoms with Crippen LogP contribution in [-0.4, -0.2) is 15.9 Å². The molecule has 2 aromatic carbocycles. The van der Waals surface area contributed by atoms with E-state index in [9.17, 15) is 5.11 Å². The molecule has 0 unspecified atom stereocenters. The third-order valence-corrected chi connectivity index (χ3v) is 5.69. The summed E-state index contributed by atoms with van der Waals surface area (Å²) in [6, 6.07) is 18.0. The van der Waals surface area contributed by atoms with Crippen molar-refractivity contribution in [3.8, 4) is 5.88 Å². The standard InChI is InChI=1S/C20H16N2OS2/c1-13(14-7-3-2-4-8-14)22-19(23)18(25-20(22)24)11-15-12-21-17-10-6-5-9-16(15)17/h2-13,23H,1H3/t13-/m0/s1. The first-order valence-electron chi connectivity index (χ1n) is 7.99. The van der Waals surface area contributed by atoms with E-state index in [0.717, 1.165) is 27.3 Å². The molecule has 0 spiro atoms. The lowest BCUT2D eigenvalue weighted by Gasteiger charge is -2.15. The number of thiazole rings is 1. The van der Waals surface area contributed by atoms with Gasteiger partial charge in [0, 0.05) is 17.4 Å². The molecule has 4 rings (SSSR count). The maximum Gasteiger partial charge on any atom is 0.211 e. The molecule has 25 heavy (non-hydrogen) atoms. The zero-order valence-corrected chi connectivity index (χ0v) is 15.2. The third-order valence-electron chi connectivity index (χ3n) is 4.36. The van der Waals surface area contributed by atoms with Crippen LogP contribution in [0.3, 0.4) is 0 Å². The highest BCUT2D eigenvalue weighted by molar-refractivity contribution is 7.73. The second-order valence-corrected chi connectivity index (χ2v) is 7.56. The number of aliphatic imine (C=N–C) groups is 1. The SMILES string of the molecule is C[C@@H](c1ccccc1)n1c(O)c(C=C2C=Nc3ccccc32)sc1=S. The first kappa shape index (κ1) is 16.0. The van der Waals surface area contributed by atoms with Crippen LogP contribution in [0, 0.1) is 3.95 Å². The summed E-state index contributed by atoms with van der Waals surface area (Å²) >= 11 is 6.93. The van der Waals surface area contributed by atoms with Gasteiger partial charge in [-0.15, -0.1) is 11.3 Å². The number of nitrogens with zero attached hydrogens (tertiary/aromatic N) is 2. The van der Waals surface area contributed by atoms with Crippen LogP contribution >= 0.6 is 23.6 Å². The van der Waals surface area contributed by atoms with Crippen LogP contribution in [0.5, 0.6) is 5.88 Å². The van der Waals surface area contributed by atoms with Crippen LogP contribution in [0.15, 0.2) is 59.6 Å². The summed E-state index contributed by atoms with van der Waals surface area (Å²) in [5.74, 6) is 0.205. The second-order valence-electron chi connectivity index (χ2n) is 5.89. The van der Waals surface area contributed by atoms with Crippen LogP contribution in [0.25, 0.3) is 11.6 Å². The van der Waals surface area contributed by atoms with Crippen molar-refractivity contribution < 1.29 is 5.11 Å². The smallest absolute Gasteiger partial charge is 0.211 e. The first-order valence-corrected chi connectivity index (χ1v) is 9.22. The molecule has 2 heterocycles. The van der Waals surface area contributed by atoms with Gasteiger partial charge in [0.2, 0.25) is 5.88 Å². The molecule has 1 atom stereocenters. The predicted octanol–water partition coefficient (Wildman–Crippen LogP) is 5.85. The minimum atomic E-state index is -0.0263. The molecule has 1 aliphatic heterocycles. The fourth-order valence-electron chi connectivity index (χ4n) is 3.01. The van der Waals surface area contributed by atoms with Crippen molar-refractivity contribution in [1.29, 1.82) is 0 Å². The summed E-state index contributed by atoms with van der Waals surface area (Å²) in [6.07, 6.45) is 3.79. The summed E-state index contributed by atoms with van der Waals surface area (Å²) in [5, 5.41) is 10.8. The molecule has 3 nitrogen and oxygen atoms in total. The topological polar surface area (TPSA) is 37.5 Å². The van der Waals surface area contributed by atoms with Crippen molar-refractivity contribution in [2.24, 2.45) is 4.99 Å². The summed E-state index contributed by atoms with van der Waals surface area (Å²) in [5.41, 5.74) is 4.12. The molecule has 0 bridgehead atoms. The largest absolute Gasteiger partial charge is 0.493 e. The summed E-state index contributed by atoms with van der Waals surface area (Å²) in [4.78, 5) is 5.17. The van der Waals surface area contributed by atoms with E-state index < -0.39 is 0 Å². The molecule has 1 N–H and O–H groups in total. The molecule has 0 aliphatic carbocycles. The lowest BCUT2D eigenvalue weighted by Crippen LogP contribution is -2.05. The van der Waals surface area contributed by atoms with Crippen molar-refractivity contribution in [1.82, 2.24) is 4.57 Å². The van der Waals surface area contributed by atoms with Crippen LogP contribution in [-0.2, 0) is 0 Å². The molecule has 0 fully saturated rings. The zero-order chi connectivity index (χ0) is 17.4. The Morgan fingerprint density at radius 3 is 2.64 bits per heavy atom. The highest BCUT2D eigenvalue weighted by atomic mass is 32.1. The monoisotopic (exact) mass is 364 g/mol. The fraction of sp³-hybridized carbons (Fsp3) is 0.100. The average molecular weight is 364 g/mol. The molecule has 0 saturated heterocycles. The molecular weight excluding hydrogens is 348 g/mol. The number of hydrogen-bond donors (Lipinski definition) is 1. The van der Waals surface area contributed by atoms with E-state index in [4.69, 9.17) is 12.2 Å². The van der Waals surface area contributed by atoms with Gasteiger partial charge in [0.15, 0.2) is 3.95 Å². The van der Waals surface area contributed by atoms with Gasteiger partial charge in [-0.2, -0.15) is 0 Å². The Hall–Kier alpha value is -2.50. The number of hydrogen-bond acceptors (Lipinski definition) is 4. The van der Waals surface area contributed by atoms with E-state index in [0.29, 0.717) is 3.95 Å². The van der Waals surface area contributed by atoms with E-state index in [1.165, 1.54) is 11.3 Å².